The molecule has 0 saturated carbocycles. The summed E-state index contributed by atoms with van der Waals surface area (Å²) in [5.41, 5.74) is 3.11. The summed E-state index contributed by atoms with van der Waals surface area (Å²) in [6.07, 6.45) is 7.86. The largest absolute Gasteiger partial charge is 0.500 e. The van der Waals surface area contributed by atoms with Gasteiger partial charge in [0.2, 0.25) is 0 Å². The molecule has 0 bridgehead atoms. The van der Waals surface area contributed by atoms with E-state index in [0.717, 1.165) is 32.1 Å². The lowest BCUT2D eigenvalue weighted by molar-refractivity contribution is 0.446. The third kappa shape index (κ3) is 6.93. The van der Waals surface area contributed by atoms with E-state index in [2.05, 4.69) is 95.7 Å². The number of benzene rings is 1. The number of hydrogen-bond acceptors (Lipinski definition) is 1. The molecule has 0 aliphatic carbocycles. The van der Waals surface area contributed by atoms with E-state index in [1.54, 1.807) is 0 Å². The third-order valence-corrected chi connectivity index (χ3v) is 11.0. The van der Waals surface area contributed by atoms with E-state index in [-0.39, 0.29) is 0 Å². The smallest absolute Gasteiger partial charge is 0.272 e. The van der Waals surface area contributed by atoms with Crippen LogP contribution in [-0.4, -0.2) is 8.32 Å². The number of rotatable bonds is 8. The maximum atomic E-state index is 6.24. The lowest BCUT2D eigenvalue weighted by atomic mass is 10.1. The Morgan fingerprint density at radius 3 is 1.88 bits per heavy atom. The van der Waals surface area contributed by atoms with Crippen molar-refractivity contribution in [3.8, 4) is 23.9 Å². The highest BCUT2D eigenvalue weighted by molar-refractivity contribution is 6.77. The van der Waals surface area contributed by atoms with Gasteiger partial charge in [0.25, 0.3) is 8.32 Å². The lowest BCUT2D eigenvalue weighted by Gasteiger charge is -2.39. The fourth-order valence-electron chi connectivity index (χ4n) is 3.86. The van der Waals surface area contributed by atoms with Gasteiger partial charge in [0.05, 0.1) is 6.11 Å². The van der Waals surface area contributed by atoms with Crippen molar-refractivity contribution >= 4 is 8.32 Å². The van der Waals surface area contributed by atoms with Gasteiger partial charge in [-0.1, -0.05) is 77.8 Å². The topological polar surface area (TPSA) is 9.23 Å². The molecular weight excluding hydrogens is 332 g/mol. The first kappa shape index (κ1) is 22.4. The fourth-order valence-corrected chi connectivity index (χ4v) is 8.81. The van der Waals surface area contributed by atoms with E-state index >= 15 is 0 Å². The van der Waals surface area contributed by atoms with E-state index in [1.807, 2.05) is 0 Å². The van der Waals surface area contributed by atoms with Gasteiger partial charge in [-0.25, -0.2) is 0 Å². The number of hydrogen-bond donors (Lipinski definition) is 0. The molecule has 0 unspecified atom stereocenters. The predicted molar refractivity (Wildman–Crippen MR) is 116 cm³/mol. The van der Waals surface area contributed by atoms with Gasteiger partial charge in [-0.15, -0.1) is 11.8 Å². The van der Waals surface area contributed by atoms with Gasteiger partial charge in [0, 0.05) is 19.3 Å². The van der Waals surface area contributed by atoms with Crippen molar-refractivity contribution in [1.29, 1.82) is 0 Å². The van der Waals surface area contributed by atoms with E-state index in [0.29, 0.717) is 16.6 Å². The molecular formula is C24H36OSi. The van der Waals surface area contributed by atoms with Gasteiger partial charge in [0.15, 0.2) is 0 Å². The normalized spacial score (nSPS) is 11.1. The molecule has 0 fully saturated rings. The molecule has 1 aromatic carbocycles. The Balaban J connectivity index is 2.34. The minimum atomic E-state index is -1.86. The summed E-state index contributed by atoms with van der Waals surface area (Å²) in [6.45, 7) is 13.7. The lowest BCUT2D eigenvalue weighted by Crippen LogP contribution is -2.46. The third-order valence-electron chi connectivity index (χ3n) is 5.12. The van der Waals surface area contributed by atoms with Crippen molar-refractivity contribution in [2.45, 2.75) is 90.3 Å². The summed E-state index contributed by atoms with van der Waals surface area (Å²) in [7, 11) is -1.86. The second-order valence-corrected chi connectivity index (χ2v) is 13.3. The summed E-state index contributed by atoms with van der Waals surface area (Å²) in [5.74, 6) is 9.69. The van der Waals surface area contributed by atoms with Crippen LogP contribution in [0.4, 0.5) is 0 Å². The Morgan fingerprint density at radius 2 is 1.31 bits per heavy atom. The highest BCUT2D eigenvalue weighted by Gasteiger charge is 2.46. The molecule has 0 aliphatic heterocycles. The van der Waals surface area contributed by atoms with E-state index in [9.17, 15) is 0 Å². The van der Waals surface area contributed by atoms with Gasteiger partial charge >= 0.3 is 0 Å². The summed E-state index contributed by atoms with van der Waals surface area (Å²) in [5, 5.41) is 0. The predicted octanol–water partition coefficient (Wildman–Crippen LogP) is 6.95. The number of aryl methyl sites for hydroxylation is 1. The second kappa shape index (κ2) is 11.9. The highest BCUT2D eigenvalue weighted by atomic mass is 28.4. The monoisotopic (exact) mass is 368 g/mol. The van der Waals surface area contributed by atoms with Crippen LogP contribution in [0, 0.1) is 23.9 Å². The van der Waals surface area contributed by atoms with Crippen LogP contribution in [-0.2, 0) is 10.8 Å². The molecule has 0 aliphatic rings. The molecule has 142 valence electrons. The van der Waals surface area contributed by atoms with Gasteiger partial charge in [-0.2, -0.15) is 0 Å². The Labute approximate surface area is 163 Å². The first-order valence-electron chi connectivity index (χ1n) is 10.1. The quantitative estimate of drug-likeness (QED) is 0.274. The SMILES string of the molecule is CC(C)[Si](OC#CCCC#CCCCc1ccccc1)(C(C)C)C(C)C. The first-order valence-corrected chi connectivity index (χ1v) is 12.2. The van der Waals surface area contributed by atoms with E-state index in [1.165, 1.54) is 5.56 Å². The molecule has 1 aromatic rings. The molecule has 0 aromatic heterocycles. The molecule has 2 heteroatoms. The Hall–Kier alpha value is -1.64. The fraction of sp³-hybridized carbons (Fsp3) is 0.583. The van der Waals surface area contributed by atoms with E-state index < -0.39 is 8.32 Å². The van der Waals surface area contributed by atoms with Crippen molar-refractivity contribution in [2.24, 2.45) is 0 Å². The maximum absolute atomic E-state index is 6.24. The zero-order chi connectivity index (χ0) is 19.4. The summed E-state index contributed by atoms with van der Waals surface area (Å²) in [6, 6.07) is 10.6. The van der Waals surface area contributed by atoms with Crippen molar-refractivity contribution in [1.82, 2.24) is 0 Å². The molecule has 1 rings (SSSR count). The van der Waals surface area contributed by atoms with Gasteiger partial charge in [0.1, 0.15) is 0 Å². The first-order chi connectivity index (χ1) is 12.4. The minimum absolute atomic E-state index is 0.571. The van der Waals surface area contributed by atoms with Gasteiger partial charge in [-0.05, 0) is 35.0 Å². The second-order valence-electron chi connectivity index (χ2n) is 7.89. The van der Waals surface area contributed by atoms with Crippen LogP contribution in [0.5, 0.6) is 0 Å². The molecule has 0 N–H and O–H groups in total. The summed E-state index contributed by atoms with van der Waals surface area (Å²) >= 11 is 0. The summed E-state index contributed by atoms with van der Waals surface area (Å²) in [4.78, 5) is 0. The van der Waals surface area contributed by atoms with Gasteiger partial charge in [-0.3, -0.25) is 0 Å². The average Bonchev–Trinajstić information content (AvgIpc) is 2.59. The van der Waals surface area contributed by atoms with Crippen molar-refractivity contribution in [3.63, 3.8) is 0 Å². The zero-order valence-corrected chi connectivity index (χ0v) is 18.6. The van der Waals surface area contributed by atoms with Crippen LogP contribution in [0.15, 0.2) is 30.3 Å². The molecule has 0 spiro atoms. The molecule has 26 heavy (non-hydrogen) atoms. The Bertz CT molecular complexity index is 601. The van der Waals surface area contributed by atoms with Crippen LogP contribution in [0.25, 0.3) is 0 Å². The van der Waals surface area contributed by atoms with Crippen molar-refractivity contribution < 1.29 is 4.43 Å². The minimum Gasteiger partial charge on any atom is -0.500 e. The Morgan fingerprint density at radius 1 is 0.769 bits per heavy atom. The van der Waals surface area contributed by atoms with Crippen molar-refractivity contribution in [2.75, 3.05) is 0 Å². The molecule has 0 atom stereocenters. The van der Waals surface area contributed by atoms with Crippen molar-refractivity contribution in [3.05, 3.63) is 35.9 Å². The molecule has 0 radical (unpaired) electrons. The van der Waals surface area contributed by atoms with Crippen LogP contribution >= 0.6 is 0 Å². The van der Waals surface area contributed by atoms with Crippen LogP contribution in [0.2, 0.25) is 16.6 Å². The number of unbranched alkanes of at least 4 members (excludes halogenated alkanes) is 2. The summed E-state index contributed by atoms with van der Waals surface area (Å²) < 4.78 is 6.24. The molecule has 0 heterocycles. The zero-order valence-electron chi connectivity index (χ0n) is 17.6. The van der Waals surface area contributed by atoms with E-state index in [4.69, 9.17) is 4.43 Å². The van der Waals surface area contributed by atoms with Crippen LogP contribution in [0.1, 0.15) is 72.8 Å². The Kier molecular flexibility index (Phi) is 10.2. The molecule has 0 amide bonds. The maximum Gasteiger partial charge on any atom is 0.272 e. The standard InChI is InChI=1S/C24H36OSi/c1-21(2)26(22(3)4,23(5)6)25-20-16-11-9-7-8-10-13-17-24-18-14-12-15-19-24/h12,14-15,18-19,21-23H,9-11,13,17H2,1-6H3. The highest BCUT2D eigenvalue weighted by Crippen LogP contribution is 2.41. The van der Waals surface area contributed by atoms with Crippen LogP contribution in [0.3, 0.4) is 0 Å². The van der Waals surface area contributed by atoms with Crippen LogP contribution < -0.4 is 0 Å². The average molecular weight is 369 g/mol. The van der Waals surface area contributed by atoms with Gasteiger partial charge < -0.3 is 4.43 Å². The molecule has 1 nitrogen and oxygen atoms in total. The molecule has 0 saturated heterocycles.